The van der Waals surface area contributed by atoms with Crippen LogP contribution in [0.4, 0.5) is 39.5 Å². The second-order valence-corrected chi connectivity index (χ2v) is 2.79. The van der Waals surface area contributed by atoms with Crippen LogP contribution in [-0.4, -0.2) is 31.0 Å². The highest BCUT2D eigenvalue weighted by molar-refractivity contribution is 5.79. The second-order valence-electron chi connectivity index (χ2n) is 2.79. The predicted octanol–water partition coefficient (Wildman–Crippen LogP) is 3.07. The van der Waals surface area contributed by atoms with E-state index < -0.39 is 36.0 Å². The molecule has 0 aliphatic heterocycles. The van der Waals surface area contributed by atoms with Crippen molar-refractivity contribution >= 4 is 5.97 Å². The normalized spacial score (nSPS) is 12.9. The van der Waals surface area contributed by atoms with Crippen molar-refractivity contribution in [1.29, 1.82) is 0 Å². The maximum Gasteiger partial charge on any atom is 0.473 e. The highest BCUT2D eigenvalue weighted by Gasteiger charge is 2.78. The van der Waals surface area contributed by atoms with Gasteiger partial charge in [0.2, 0.25) is 0 Å². The summed E-state index contributed by atoms with van der Waals surface area (Å²) in [6, 6.07) is -3.50. The Labute approximate surface area is 98.1 Å². The molecule has 0 N–H and O–H groups in total. The Balaban J connectivity index is 5.51. The van der Waals surface area contributed by atoms with E-state index in [4.69, 9.17) is 0 Å². The third-order valence-corrected chi connectivity index (χ3v) is 1.57. The molecule has 0 saturated carbocycles. The van der Waals surface area contributed by atoms with E-state index in [2.05, 4.69) is 9.47 Å². The number of esters is 1. The number of alkyl halides is 6. The Bertz CT molecular complexity index is 385. The molecule has 0 amide bonds. The van der Waals surface area contributed by atoms with Crippen LogP contribution in [0.1, 0.15) is 0 Å². The number of hydrogen-bond donors (Lipinski definition) is 0. The fraction of sp³-hybridized carbons (Fsp3) is 0.571. The number of methoxy groups -OCH3 is 1. The summed E-state index contributed by atoms with van der Waals surface area (Å²) in [5.41, 5.74) is 0. The first-order chi connectivity index (χ1) is 8.31. The van der Waals surface area contributed by atoms with Crippen molar-refractivity contribution in [2.24, 2.45) is 0 Å². The van der Waals surface area contributed by atoms with Crippen LogP contribution in [-0.2, 0) is 14.3 Å². The summed E-state index contributed by atoms with van der Waals surface area (Å²) >= 11 is 0. The molecule has 0 saturated heterocycles. The molecule has 0 aromatic carbocycles. The standard InChI is InChI=1S/C7H3F9O3/c1-18-4(17)5(11,12)6(13,14)7(15,16)19-3(10)2(8)9/h1H3. The molecule has 112 valence electrons. The van der Waals surface area contributed by atoms with E-state index in [1.807, 2.05) is 0 Å². The third-order valence-electron chi connectivity index (χ3n) is 1.57. The van der Waals surface area contributed by atoms with Gasteiger partial charge in [0, 0.05) is 0 Å². The molecule has 0 aliphatic rings. The minimum atomic E-state index is -6.64. The number of carbonyl (C=O) groups excluding carboxylic acids is 1. The van der Waals surface area contributed by atoms with Gasteiger partial charge in [0.15, 0.2) is 0 Å². The van der Waals surface area contributed by atoms with Crippen molar-refractivity contribution in [2.75, 3.05) is 7.11 Å². The summed E-state index contributed by atoms with van der Waals surface area (Å²) in [5, 5.41) is 0. The minimum Gasteiger partial charge on any atom is -0.464 e. The van der Waals surface area contributed by atoms with Crippen molar-refractivity contribution in [2.45, 2.75) is 18.0 Å². The van der Waals surface area contributed by atoms with E-state index in [0.717, 1.165) is 0 Å². The quantitative estimate of drug-likeness (QED) is 0.445. The average Bonchev–Trinajstić information content (AvgIpc) is 2.26. The monoisotopic (exact) mass is 306 g/mol. The van der Waals surface area contributed by atoms with E-state index in [1.54, 1.807) is 0 Å². The number of carbonyl (C=O) groups is 1. The van der Waals surface area contributed by atoms with Crippen LogP contribution >= 0.6 is 0 Å². The molecule has 0 bridgehead atoms. The van der Waals surface area contributed by atoms with Crippen LogP contribution in [0.5, 0.6) is 0 Å². The van der Waals surface area contributed by atoms with Gasteiger partial charge in [-0.2, -0.15) is 39.5 Å². The Morgan fingerprint density at radius 3 is 1.68 bits per heavy atom. The Morgan fingerprint density at radius 2 is 1.37 bits per heavy atom. The van der Waals surface area contributed by atoms with Gasteiger partial charge >= 0.3 is 36.0 Å². The van der Waals surface area contributed by atoms with Gasteiger partial charge in [-0.25, -0.2) is 4.79 Å². The predicted molar refractivity (Wildman–Crippen MR) is 38.3 cm³/mol. The number of rotatable bonds is 5. The molecule has 0 aliphatic carbocycles. The fourth-order valence-corrected chi connectivity index (χ4v) is 0.654. The summed E-state index contributed by atoms with van der Waals surface area (Å²) in [5.74, 6) is -15.9. The first-order valence-electron chi connectivity index (χ1n) is 3.93. The zero-order valence-corrected chi connectivity index (χ0v) is 8.63. The average molecular weight is 306 g/mol. The van der Waals surface area contributed by atoms with Gasteiger partial charge in [-0.05, 0) is 0 Å². The van der Waals surface area contributed by atoms with Gasteiger partial charge in [0.1, 0.15) is 0 Å². The zero-order valence-electron chi connectivity index (χ0n) is 8.63. The molecule has 12 heteroatoms. The molecule has 19 heavy (non-hydrogen) atoms. The van der Waals surface area contributed by atoms with E-state index in [-0.39, 0.29) is 7.11 Å². The molecule has 0 radical (unpaired) electrons. The molecule has 0 spiro atoms. The van der Waals surface area contributed by atoms with Crippen molar-refractivity contribution in [3.8, 4) is 0 Å². The van der Waals surface area contributed by atoms with Crippen LogP contribution < -0.4 is 0 Å². The van der Waals surface area contributed by atoms with Crippen LogP contribution in [0.2, 0.25) is 0 Å². The second kappa shape index (κ2) is 5.17. The number of hydrogen-bond acceptors (Lipinski definition) is 3. The van der Waals surface area contributed by atoms with Gasteiger partial charge in [-0.3, -0.25) is 0 Å². The molecule has 0 heterocycles. The molecule has 0 rings (SSSR count). The maximum absolute atomic E-state index is 12.7. The maximum atomic E-state index is 12.7. The Kier molecular flexibility index (Phi) is 4.73. The topological polar surface area (TPSA) is 35.5 Å². The molecule has 3 nitrogen and oxygen atoms in total. The van der Waals surface area contributed by atoms with Crippen LogP contribution in [0, 0.1) is 0 Å². The summed E-state index contributed by atoms with van der Waals surface area (Å²) < 4.78 is 116. The van der Waals surface area contributed by atoms with Gasteiger partial charge in [-0.15, -0.1) is 0 Å². The van der Waals surface area contributed by atoms with Gasteiger partial charge in [0.25, 0.3) is 0 Å². The first-order valence-corrected chi connectivity index (χ1v) is 3.93. The van der Waals surface area contributed by atoms with Crippen LogP contribution in [0.15, 0.2) is 12.1 Å². The molecular weight excluding hydrogens is 303 g/mol. The highest BCUT2D eigenvalue weighted by atomic mass is 19.4. The van der Waals surface area contributed by atoms with Crippen molar-refractivity contribution in [3.63, 3.8) is 0 Å². The zero-order chi connectivity index (χ0) is 15.6. The highest BCUT2D eigenvalue weighted by Crippen LogP contribution is 2.48. The molecular formula is C7H3F9O3. The van der Waals surface area contributed by atoms with E-state index in [0.29, 0.717) is 0 Å². The molecule has 0 unspecified atom stereocenters. The van der Waals surface area contributed by atoms with E-state index >= 15 is 0 Å². The van der Waals surface area contributed by atoms with Gasteiger partial charge < -0.3 is 9.47 Å². The van der Waals surface area contributed by atoms with Crippen LogP contribution in [0.25, 0.3) is 0 Å². The van der Waals surface area contributed by atoms with Crippen molar-refractivity contribution < 1.29 is 53.8 Å². The lowest BCUT2D eigenvalue weighted by Crippen LogP contribution is -2.59. The van der Waals surface area contributed by atoms with Crippen molar-refractivity contribution in [1.82, 2.24) is 0 Å². The van der Waals surface area contributed by atoms with E-state index in [1.165, 1.54) is 0 Å². The summed E-state index contributed by atoms with van der Waals surface area (Å²) in [7, 11) is 0.174. The lowest BCUT2D eigenvalue weighted by molar-refractivity contribution is -0.386. The fourth-order valence-electron chi connectivity index (χ4n) is 0.654. The smallest absolute Gasteiger partial charge is 0.464 e. The lowest BCUT2D eigenvalue weighted by Gasteiger charge is -2.29. The van der Waals surface area contributed by atoms with Crippen LogP contribution in [0.3, 0.4) is 0 Å². The van der Waals surface area contributed by atoms with Crippen molar-refractivity contribution in [3.05, 3.63) is 12.1 Å². The molecule has 0 fully saturated rings. The number of halogens is 9. The van der Waals surface area contributed by atoms with E-state index in [9.17, 15) is 44.3 Å². The minimum absolute atomic E-state index is 0.174. The summed E-state index contributed by atoms with van der Waals surface area (Å²) in [4.78, 5) is 10.3. The van der Waals surface area contributed by atoms with Gasteiger partial charge in [0.05, 0.1) is 7.11 Å². The molecule has 0 atom stereocenters. The first kappa shape index (κ1) is 17.4. The number of ether oxygens (including phenoxy) is 2. The third kappa shape index (κ3) is 3.04. The lowest BCUT2D eigenvalue weighted by atomic mass is 10.1. The molecule has 0 aromatic rings. The summed E-state index contributed by atoms with van der Waals surface area (Å²) in [6.45, 7) is 0. The SMILES string of the molecule is COC(=O)C(F)(F)C(F)(F)C(F)(F)OC(F)=C(F)F. The largest absolute Gasteiger partial charge is 0.473 e. The summed E-state index contributed by atoms with van der Waals surface area (Å²) in [6.07, 6.45) is -10.0. The Hall–Kier alpha value is -1.62. The Morgan fingerprint density at radius 1 is 0.947 bits per heavy atom. The van der Waals surface area contributed by atoms with Gasteiger partial charge in [-0.1, -0.05) is 0 Å². The molecule has 0 aromatic heterocycles.